The Hall–Kier alpha value is -1.07. The van der Waals surface area contributed by atoms with Crippen LogP contribution in [0.3, 0.4) is 0 Å². The van der Waals surface area contributed by atoms with Crippen LogP contribution in [0.4, 0.5) is 0 Å². The van der Waals surface area contributed by atoms with Gasteiger partial charge in [0.25, 0.3) is 0 Å². The second-order valence-corrected chi connectivity index (χ2v) is 5.48. The number of halogens is 2. The van der Waals surface area contributed by atoms with E-state index in [4.69, 9.17) is 22.2 Å². The molecule has 0 aliphatic rings. The minimum atomic E-state index is -0.171. The highest BCUT2D eigenvalue weighted by atomic mass is 79.9. The lowest BCUT2D eigenvalue weighted by Gasteiger charge is -2.19. The summed E-state index contributed by atoms with van der Waals surface area (Å²) in [5.74, 6) is 6.54. The summed E-state index contributed by atoms with van der Waals surface area (Å²) in [6.07, 6.45) is 0. The molecule has 0 aliphatic carbocycles. The lowest BCUT2D eigenvalue weighted by Crippen LogP contribution is -2.29. The van der Waals surface area contributed by atoms with E-state index in [0.29, 0.717) is 11.6 Å². The van der Waals surface area contributed by atoms with Crippen LogP contribution in [0.2, 0.25) is 5.02 Å². The van der Waals surface area contributed by atoms with E-state index in [2.05, 4.69) is 21.4 Å². The van der Waals surface area contributed by atoms with E-state index in [-0.39, 0.29) is 6.04 Å². The summed E-state index contributed by atoms with van der Waals surface area (Å²) in [6, 6.07) is 13.4. The molecule has 0 radical (unpaired) electrons. The molecule has 0 saturated carbocycles. The molecule has 2 aromatic rings. The Morgan fingerprint density at radius 1 is 1.25 bits per heavy atom. The fourth-order valence-corrected chi connectivity index (χ4v) is 2.65. The van der Waals surface area contributed by atoms with Crippen molar-refractivity contribution in [2.45, 2.75) is 13.0 Å². The summed E-state index contributed by atoms with van der Waals surface area (Å²) in [5, 5.41) is 0.657. The Labute approximate surface area is 132 Å². The summed E-state index contributed by atoms with van der Waals surface area (Å²) in [4.78, 5) is 0. The molecule has 0 fully saturated rings. The van der Waals surface area contributed by atoms with Gasteiger partial charge >= 0.3 is 0 Å². The maximum Gasteiger partial charge on any atom is 0.119 e. The van der Waals surface area contributed by atoms with Crippen molar-refractivity contribution in [1.82, 2.24) is 5.43 Å². The standard InChI is InChI=1S/C15H16BrClN2O/c1-2-20-11-8-6-10(7-9-11)15(19-18)12-4-3-5-13(16)14(12)17/h3-9,15,19H,2,18H2,1H3. The van der Waals surface area contributed by atoms with E-state index in [9.17, 15) is 0 Å². The molecule has 1 unspecified atom stereocenters. The van der Waals surface area contributed by atoms with Gasteiger partial charge in [-0.25, -0.2) is 5.43 Å². The van der Waals surface area contributed by atoms with Crippen LogP contribution >= 0.6 is 27.5 Å². The van der Waals surface area contributed by atoms with Crippen molar-refractivity contribution < 1.29 is 4.74 Å². The zero-order valence-electron chi connectivity index (χ0n) is 11.1. The molecule has 2 rings (SSSR count). The minimum Gasteiger partial charge on any atom is -0.494 e. The van der Waals surface area contributed by atoms with Crippen molar-refractivity contribution in [2.24, 2.45) is 5.84 Å². The lowest BCUT2D eigenvalue weighted by molar-refractivity contribution is 0.340. The highest BCUT2D eigenvalue weighted by Crippen LogP contribution is 2.33. The van der Waals surface area contributed by atoms with E-state index in [1.807, 2.05) is 49.4 Å². The zero-order chi connectivity index (χ0) is 14.5. The molecule has 0 saturated heterocycles. The second kappa shape index (κ2) is 7.09. The Kier molecular flexibility index (Phi) is 5.43. The van der Waals surface area contributed by atoms with Crippen LogP contribution in [0.15, 0.2) is 46.9 Å². The number of hydrazine groups is 1. The molecule has 0 amide bonds. The van der Waals surface area contributed by atoms with E-state index < -0.39 is 0 Å². The first-order chi connectivity index (χ1) is 9.67. The van der Waals surface area contributed by atoms with Crippen LogP contribution in [0.5, 0.6) is 5.75 Å². The molecule has 2 aromatic carbocycles. The predicted molar refractivity (Wildman–Crippen MR) is 85.9 cm³/mol. The van der Waals surface area contributed by atoms with Crippen LogP contribution in [-0.4, -0.2) is 6.61 Å². The van der Waals surface area contributed by atoms with Crippen LogP contribution in [-0.2, 0) is 0 Å². The highest BCUT2D eigenvalue weighted by Gasteiger charge is 2.16. The monoisotopic (exact) mass is 354 g/mol. The topological polar surface area (TPSA) is 47.3 Å². The van der Waals surface area contributed by atoms with E-state index >= 15 is 0 Å². The van der Waals surface area contributed by atoms with Crippen LogP contribution in [0.1, 0.15) is 24.1 Å². The number of ether oxygens (including phenoxy) is 1. The Morgan fingerprint density at radius 2 is 1.95 bits per heavy atom. The van der Waals surface area contributed by atoms with Crippen molar-refractivity contribution in [2.75, 3.05) is 6.61 Å². The predicted octanol–water partition coefficient (Wildman–Crippen LogP) is 4.05. The van der Waals surface area contributed by atoms with E-state index in [1.54, 1.807) is 0 Å². The van der Waals surface area contributed by atoms with Gasteiger partial charge < -0.3 is 4.74 Å². The van der Waals surface area contributed by atoms with Crippen molar-refractivity contribution in [1.29, 1.82) is 0 Å². The van der Waals surface area contributed by atoms with Gasteiger partial charge in [-0.3, -0.25) is 5.84 Å². The first kappa shape index (κ1) is 15.3. The van der Waals surface area contributed by atoms with Gasteiger partial charge in [0, 0.05) is 4.47 Å². The summed E-state index contributed by atoms with van der Waals surface area (Å²) < 4.78 is 6.29. The third-order valence-electron chi connectivity index (χ3n) is 2.98. The van der Waals surface area contributed by atoms with Gasteiger partial charge in [-0.2, -0.15) is 0 Å². The number of rotatable bonds is 5. The molecule has 1 atom stereocenters. The molecule has 5 heteroatoms. The number of nitrogens with two attached hydrogens (primary N) is 1. The highest BCUT2D eigenvalue weighted by molar-refractivity contribution is 9.10. The third-order valence-corrected chi connectivity index (χ3v) is 4.29. The van der Waals surface area contributed by atoms with Gasteiger partial charge in [0.2, 0.25) is 0 Å². The Morgan fingerprint density at radius 3 is 2.55 bits per heavy atom. The third kappa shape index (κ3) is 3.33. The van der Waals surface area contributed by atoms with E-state index in [0.717, 1.165) is 21.3 Å². The van der Waals surface area contributed by atoms with Crippen molar-refractivity contribution in [3.8, 4) is 5.75 Å². The molecule has 20 heavy (non-hydrogen) atoms. The van der Waals surface area contributed by atoms with Crippen LogP contribution in [0, 0.1) is 0 Å². The first-order valence-electron chi connectivity index (χ1n) is 6.30. The molecule has 0 spiro atoms. The molecule has 0 heterocycles. The number of benzene rings is 2. The molecule has 3 N–H and O–H groups in total. The largest absolute Gasteiger partial charge is 0.494 e. The van der Waals surface area contributed by atoms with Gasteiger partial charge in [0.05, 0.1) is 17.7 Å². The maximum absolute atomic E-state index is 6.33. The summed E-state index contributed by atoms with van der Waals surface area (Å²) in [5.41, 5.74) is 4.76. The number of nitrogens with one attached hydrogen (secondary N) is 1. The number of hydrogen-bond acceptors (Lipinski definition) is 3. The molecule has 0 aromatic heterocycles. The smallest absolute Gasteiger partial charge is 0.119 e. The minimum absolute atomic E-state index is 0.171. The second-order valence-electron chi connectivity index (χ2n) is 4.24. The van der Waals surface area contributed by atoms with E-state index in [1.165, 1.54) is 0 Å². The molecular formula is C15H16BrClN2O. The molecule has 0 aliphatic heterocycles. The lowest BCUT2D eigenvalue weighted by atomic mass is 9.99. The molecule has 106 valence electrons. The van der Waals surface area contributed by atoms with Crippen molar-refractivity contribution >= 4 is 27.5 Å². The quantitative estimate of drug-likeness (QED) is 0.628. The Bertz CT molecular complexity index is 575. The summed E-state index contributed by atoms with van der Waals surface area (Å²) >= 11 is 9.76. The van der Waals surface area contributed by atoms with Gasteiger partial charge in [-0.1, -0.05) is 35.9 Å². The molecule has 3 nitrogen and oxygen atoms in total. The molecule has 0 bridgehead atoms. The average Bonchev–Trinajstić information content (AvgIpc) is 2.46. The van der Waals surface area contributed by atoms with Crippen molar-refractivity contribution in [3.63, 3.8) is 0 Å². The van der Waals surface area contributed by atoms with Gasteiger partial charge in [0.1, 0.15) is 5.75 Å². The Balaban J connectivity index is 2.34. The van der Waals surface area contributed by atoms with Gasteiger partial charge in [-0.05, 0) is 52.2 Å². The SMILES string of the molecule is CCOc1ccc(C(NN)c2cccc(Br)c2Cl)cc1. The zero-order valence-corrected chi connectivity index (χ0v) is 13.4. The fraction of sp³-hybridized carbons (Fsp3) is 0.200. The average molecular weight is 356 g/mol. The van der Waals surface area contributed by atoms with Crippen molar-refractivity contribution in [3.05, 3.63) is 63.1 Å². The van der Waals surface area contributed by atoms with Crippen LogP contribution in [0.25, 0.3) is 0 Å². The van der Waals surface area contributed by atoms with Crippen LogP contribution < -0.4 is 16.0 Å². The summed E-state index contributed by atoms with van der Waals surface area (Å²) in [7, 11) is 0. The maximum atomic E-state index is 6.33. The number of hydrogen-bond donors (Lipinski definition) is 2. The first-order valence-corrected chi connectivity index (χ1v) is 7.47. The van der Waals surface area contributed by atoms with Gasteiger partial charge in [-0.15, -0.1) is 0 Å². The normalized spacial score (nSPS) is 12.2. The van der Waals surface area contributed by atoms with Gasteiger partial charge in [0.15, 0.2) is 0 Å². The summed E-state index contributed by atoms with van der Waals surface area (Å²) in [6.45, 7) is 2.61. The fourth-order valence-electron chi connectivity index (χ4n) is 2.03. The molecular weight excluding hydrogens is 340 g/mol.